The fraction of sp³-hybridized carbons (Fsp3) is 0.429. The topological polar surface area (TPSA) is 68.2 Å². The lowest BCUT2D eigenvalue weighted by molar-refractivity contribution is 0.238. The van der Waals surface area contributed by atoms with Gasteiger partial charge in [0, 0.05) is 11.1 Å². The summed E-state index contributed by atoms with van der Waals surface area (Å²) in [7, 11) is 0. The molecule has 2 aromatic rings. The van der Waals surface area contributed by atoms with Gasteiger partial charge in [-0.2, -0.15) is 4.98 Å². The zero-order valence-electron chi connectivity index (χ0n) is 11.5. The Bertz CT molecular complexity index is 590. The average molecular weight is 329 g/mol. The van der Waals surface area contributed by atoms with Crippen molar-refractivity contribution in [3.8, 4) is 0 Å². The summed E-state index contributed by atoms with van der Waals surface area (Å²) in [5.41, 5.74) is 6.66. The molecule has 7 heteroatoms. The lowest BCUT2D eigenvalue weighted by Gasteiger charge is -2.24. The maximum absolute atomic E-state index is 6.31. The van der Waals surface area contributed by atoms with Crippen LogP contribution >= 0.6 is 24.0 Å². The first-order valence-electron chi connectivity index (χ1n) is 6.78. The van der Waals surface area contributed by atoms with E-state index in [4.69, 9.17) is 21.9 Å². The second-order valence-corrected chi connectivity index (χ2v) is 5.37. The van der Waals surface area contributed by atoms with Crippen LogP contribution in [0.15, 0.2) is 28.8 Å². The molecule has 0 bridgehead atoms. The molecule has 1 aliphatic heterocycles. The summed E-state index contributed by atoms with van der Waals surface area (Å²) < 4.78 is 5.05. The highest BCUT2D eigenvalue weighted by atomic mass is 35.5. The van der Waals surface area contributed by atoms with Gasteiger partial charge in [-0.15, -0.1) is 12.4 Å². The summed E-state index contributed by atoms with van der Waals surface area (Å²) in [5.74, 6) is 1.16. The highest BCUT2D eigenvalue weighted by Gasteiger charge is 2.28. The number of rotatable bonds is 4. The fourth-order valence-electron chi connectivity index (χ4n) is 2.73. The van der Waals surface area contributed by atoms with E-state index >= 15 is 0 Å². The fourth-order valence-corrected chi connectivity index (χ4v) is 2.99. The van der Waals surface area contributed by atoms with Gasteiger partial charge in [-0.05, 0) is 31.0 Å². The Kier molecular flexibility index (Phi) is 5.58. The van der Waals surface area contributed by atoms with Gasteiger partial charge in [-0.3, -0.25) is 4.90 Å². The van der Waals surface area contributed by atoms with Gasteiger partial charge in [-0.25, -0.2) is 0 Å². The number of halogens is 2. The van der Waals surface area contributed by atoms with E-state index in [-0.39, 0.29) is 19.0 Å². The third-order valence-corrected chi connectivity index (χ3v) is 4.00. The first kappa shape index (κ1) is 16.2. The van der Waals surface area contributed by atoms with Crippen LogP contribution in [0.2, 0.25) is 5.02 Å². The molecule has 1 unspecified atom stereocenters. The van der Waals surface area contributed by atoms with Crippen molar-refractivity contribution >= 4 is 24.0 Å². The van der Waals surface area contributed by atoms with E-state index in [2.05, 4.69) is 21.1 Å². The summed E-state index contributed by atoms with van der Waals surface area (Å²) in [5, 5.41) is 4.78. The van der Waals surface area contributed by atoms with Gasteiger partial charge in [0.1, 0.15) is 0 Å². The number of nitrogens with two attached hydrogens (primary N) is 1. The number of hydrogen-bond donors (Lipinski definition) is 1. The maximum atomic E-state index is 6.31. The molecule has 1 aliphatic rings. The van der Waals surface area contributed by atoms with Gasteiger partial charge in [0.2, 0.25) is 5.89 Å². The molecular formula is C14H18Cl2N4O. The molecule has 2 heterocycles. The first-order chi connectivity index (χ1) is 9.78. The minimum atomic E-state index is 0. The molecule has 1 aromatic carbocycles. The molecule has 0 saturated carbocycles. The van der Waals surface area contributed by atoms with Crippen LogP contribution in [0.3, 0.4) is 0 Å². The van der Waals surface area contributed by atoms with E-state index in [1.54, 1.807) is 0 Å². The largest absolute Gasteiger partial charge is 0.338 e. The van der Waals surface area contributed by atoms with Gasteiger partial charge in [0.25, 0.3) is 0 Å². The lowest BCUT2D eigenvalue weighted by atomic mass is 10.0. The molecule has 5 nitrogen and oxygen atoms in total. The Morgan fingerprint density at radius 2 is 2.19 bits per heavy atom. The van der Waals surface area contributed by atoms with Crippen molar-refractivity contribution in [3.05, 3.63) is 46.6 Å². The van der Waals surface area contributed by atoms with Crippen LogP contribution < -0.4 is 5.73 Å². The Hall–Kier alpha value is -1.14. The van der Waals surface area contributed by atoms with E-state index in [9.17, 15) is 0 Å². The standard InChI is InChI=1S/C14H17ClN4O.ClH/c15-11-5-2-1-4-10(11)12-6-3-7-19(12)9-13-17-14(8-16)20-18-13;/h1-2,4-5,12H,3,6-9,16H2;1H. The van der Waals surface area contributed by atoms with E-state index in [0.29, 0.717) is 24.3 Å². The van der Waals surface area contributed by atoms with Gasteiger partial charge in [0.05, 0.1) is 13.1 Å². The zero-order valence-corrected chi connectivity index (χ0v) is 13.1. The van der Waals surface area contributed by atoms with Gasteiger partial charge < -0.3 is 10.3 Å². The molecule has 1 fully saturated rings. The Balaban J connectivity index is 0.00000161. The number of benzene rings is 1. The third kappa shape index (κ3) is 3.55. The van der Waals surface area contributed by atoms with E-state index < -0.39 is 0 Å². The van der Waals surface area contributed by atoms with Crippen LogP contribution in [-0.2, 0) is 13.1 Å². The molecule has 0 radical (unpaired) electrons. The number of hydrogen-bond acceptors (Lipinski definition) is 5. The lowest BCUT2D eigenvalue weighted by Crippen LogP contribution is -2.23. The first-order valence-corrected chi connectivity index (χ1v) is 7.15. The highest BCUT2D eigenvalue weighted by Crippen LogP contribution is 2.36. The summed E-state index contributed by atoms with van der Waals surface area (Å²) in [4.78, 5) is 6.60. The molecule has 1 atom stereocenters. The van der Waals surface area contributed by atoms with Crippen molar-refractivity contribution in [2.45, 2.75) is 32.0 Å². The molecule has 0 spiro atoms. The van der Waals surface area contributed by atoms with Crippen LogP contribution in [0.4, 0.5) is 0 Å². The summed E-state index contributed by atoms with van der Waals surface area (Å²) >= 11 is 6.31. The maximum Gasteiger partial charge on any atom is 0.240 e. The average Bonchev–Trinajstić information content (AvgIpc) is 3.09. The number of nitrogens with zero attached hydrogens (tertiary/aromatic N) is 3. The predicted molar refractivity (Wildman–Crippen MR) is 83.3 cm³/mol. The number of likely N-dealkylation sites (tertiary alicyclic amines) is 1. The molecule has 0 amide bonds. The minimum Gasteiger partial charge on any atom is -0.338 e. The van der Waals surface area contributed by atoms with Crippen molar-refractivity contribution < 1.29 is 4.52 Å². The van der Waals surface area contributed by atoms with Gasteiger partial charge in [-0.1, -0.05) is 35.0 Å². The van der Waals surface area contributed by atoms with Gasteiger partial charge in [0.15, 0.2) is 5.82 Å². The molecule has 3 rings (SSSR count). The quantitative estimate of drug-likeness (QED) is 0.934. The smallest absolute Gasteiger partial charge is 0.240 e. The molecule has 0 aliphatic carbocycles. The van der Waals surface area contributed by atoms with Crippen molar-refractivity contribution in [1.29, 1.82) is 0 Å². The van der Waals surface area contributed by atoms with E-state index in [1.807, 2.05) is 18.2 Å². The second-order valence-electron chi connectivity index (χ2n) is 4.96. The molecule has 21 heavy (non-hydrogen) atoms. The summed E-state index contributed by atoms with van der Waals surface area (Å²) in [6.45, 7) is 1.96. The molecule has 1 saturated heterocycles. The monoisotopic (exact) mass is 328 g/mol. The molecule has 2 N–H and O–H groups in total. The normalized spacial score (nSPS) is 18.7. The van der Waals surface area contributed by atoms with E-state index in [1.165, 1.54) is 5.56 Å². The Morgan fingerprint density at radius 1 is 1.38 bits per heavy atom. The van der Waals surface area contributed by atoms with Crippen molar-refractivity contribution in [3.63, 3.8) is 0 Å². The molecular weight excluding hydrogens is 311 g/mol. The van der Waals surface area contributed by atoms with Crippen LogP contribution in [0.25, 0.3) is 0 Å². The van der Waals surface area contributed by atoms with Gasteiger partial charge >= 0.3 is 0 Å². The van der Waals surface area contributed by atoms with Crippen LogP contribution in [0, 0.1) is 0 Å². The SMILES string of the molecule is Cl.NCc1nc(CN2CCCC2c2ccccc2Cl)no1. The van der Waals surface area contributed by atoms with Crippen molar-refractivity contribution in [2.75, 3.05) is 6.54 Å². The summed E-state index contributed by atoms with van der Waals surface area (Å²) in [6, 6.07) is 8.33. The predicted octanol–water partition coefficient (Wildman–Crippen LogP) is 2.94. The minimum absolute atomic E-state index is 0. The van der Waals surface area contributed by atoms with Crippen LogP contribution in [-0.4, -0.2) is 21.6 Å². The van der Waals surface area contributed by atoms with Crippen LogP contribution in [0.5, 0.6) is 0 Å². The number of aromatic nitrogens is 2. The van der Waals surface area contributed by atoms with Crippen molar-refractivity contribution in [2.24, 2.45) is 5.73 Å². The molecule has 1 aromatic heterocycles. The Labute approximate surface area is 134 Å². The zero-order chi connectivity index (χ0) is 13.9. The highest BCUT2D eigenvalue weighted by molar-refractivity contribution is 6.31. The third-order valence-electron chi connectivity index (χ3n) is 3.66. The van der Waals surface area contributed by atoms with Crippen molar-refractivity contribution in [1.82, 2.24) is 15.0 Å². The molecule has 114 valence electrons. The van der Waals surface area contributed by atoms with Crippen LogP contribution in [0.1, 0.15) is 36.2 Å². The Morgan fingerprint density at radius 3 is 2.90 bits per heavy atom. The summed E-state index contributed by atoms with van der Waals surface area (Å²) in [6.07, 6.45) is 2.25. The second kappa shape index (κ2) is 7.22. The van der Waals surface area contributed by atoms with E-state index in [0.717, 1.165) is 24.4 Å².